The van der Waals surface area contributed by atoms with Crippen LogP contribution in [0, 0.1) is 0 Å². The number of rotatable bonds is 0. The van der Waals surface area contributed by atoms with Crippen LogP contribution in [0.15, 0.2) is 0 Å². The molecular weight excluding hydrogens is 121 g/mol. The van der Waals surface area contributed by atoms with Crippen LogP contribution < -0.4 is 5.73 Å². The molecule has 0 aromatic heterocycles. The largest absolute Gasteiger partial charge is 0.333 e. The zero-order chi connectivity index (χ0) is 4.71. The van der Waals surface area contributed by atoms with E-state index in [-0.39, 0.29) is 12.4 Å². The van der Waals surface area contributed by atoms with E-state index in [2.05, 4.69) is 5.73 Å². The van der Waals surface area contributed by atoms with Gasteiger partial charge in [0.25, 0.3) is 0 Å². The summed E-state index contributed by atoms with van der Waals surface area (Å²) >= 11 is 5.00. The van der Waals surface area contributed by atoms with E-state index in [4.69, 9.17) is 11.6 Å². The molecule has 0 saturated carbocycles. The zero-order valence-electron chi connectivity index (χ0n) is 4.07. The maximum absolute atomic E-state index is 5.00. The van der Waals surface area contributed by atoms with Gasteiger partial charge in [-0.2, -0.15) is 0 Å². The summed E-state index contributed by atoms with van der Waals surface area (Å²) in [6.07, 6.45) is 0. The molecule has 0 aliphatic carbocycles. The third kappa shape index (κ3) is 195. The fourth-order valence-corrected chi connectivity index (χ4v) is 0. The van der Waals surface area contributed by atoms with Crippen LogP contribution in [0.1, 0.15) is 6.92 Å². The van der Waals surface area contributed by atoms with E-state index < -0.39 is 0 Å². The second-order valence-electron chi connectivity index (χ2n) is 0.267. The van der Waals surface area contributed by atoms with E-state index in [1.54, 1.807) is 0 Å². The second-order valence-corrected chi connectivity index (χ2v) is 0.802. The van der Waals surface area contributed by atoms with Gasteiger partial charge in [0, 0.05) is 5.88 Å². The summed E-state index contributed by atoms with van der Waals surface area (Å²) < 4.78 is 0. The third-order valence-electron chi connectivity index (χ3n) is 0. The number of nitrogens with two attached hydrogens (primary N) is 1. The van der Waals surface area contributed by atoms with Crippen LogP contribution in [-0.4, -0.2) is 12.9 Å². The summed E-state index contributed by atoms with van der Waals surface area (Å²) in [6, 6.07) is 0. The maximum Gasteiger partial charge on any atom is 0.0195 e. The lowest BCUT2D eigenvalue weighted by molar-refractivity contribution is 1.48. The van der Waals surface area contributed by atoms with Crippen LogP contribution >= 0.6 is 24.0 Å². The van der Waals surface area contributed by atoms with Crippen molar-refractivity contribution in [1.82, 2.24) is 0 Å². The van der Waals surface area contributed by atoms with E-state index in [0.717, 1.165) is 5.88 Å². The molecule has 6 heavy (non-hydrogen) atoms. The van der Waals surface area contributed by atoms with Gasteiger partial charge in [0.2, 0.25) is 0 Å². The molecule has 0 aromatic rings. The summed E-state index contributed by atoms with van der Waals surface area (Å²) in [4.78, 5) is 0. The van der Waals surface area contributed by atoms with Crippen LogP contribution in [0.2, 0.25) is 0 Å². The predicted molar refractivity (Wildman–Crippen MR) is 33.8 cm³/mol. The molecule has 0 amide bonds. The average molecular weight is 132 g/mol. The number of halogens is 2. The second kappa shape index (κ2) is 48.1. The number of hydrogen-bond acceptors (Lipinski definition) is 1. The van der Waals surface area contributed by atoms with Crippen LogP contribution in [0.3, 0.4) is 0 Å². The van der Waals surface area contributed by atoms with E-state index in [1.807, 2.05) is 6.92 Å². The summed E-state index contributed by atoms with van der Waals surface area (Å²) in [6.45, 7) is 1.89. The summed E-state index contributed by atoms with van der Waals surface area (Å²) in [7, 11) is 1.50. The molecule has 0 heterocycles. The highest BCUT2D eigenvalue weighted by molar-refractivity contribution is 6.17. The molecule has 0 spiro atoms. The standard InChI is InChI=1S/C2H5Cl.CH5N.ClH/c1-2-3;1-2;/h2H2,1H3;2H2,1H3;1H. The lowest BCUT2D eigenvalue weighted by atomic mass is 11.0. The minimum Gasteiger partial charge on any atom is -0.333 e. The van der Waals surface area contributed by atoms with Gasteiger partial charge < -0.3 is 5.73 Å². The molecule has 42 valence electrons. The van der Waals surface area contributed by atoms with Crippen molar-refractivity contribution in [2.45, 2.75) is 6.92 Å². The fraction of sp³-hybridized carbons (Fsp3) is 1.00. The average Bonchev–Trinajstić information content (AvgIpc) is 1.46. The minimum atomic E-state index is 0. The first-order valence-corrected chi connectivity index (χ1v) is 2.09. The van der Waals surface area contributed by atoms with Crippen LogP contribution in [-0.2, 0) is 0 Å². The summed E-state index contributed by atoms with van der Waals surface area (Å²) in [5, 5.41) is 0. The van der Waals surface area contributed by atoms with Crippen LogP contribution in [0.5, 0.6) is 0 Å². The monoisotopic (exact) mass is 131 g/mol. The molecule has 3 heteroatoms. The topological polar surface area (TPSA) is 26.0 Å². The first-order valence-electron chi connectivity index (χ1n) is 1.55. The molecule has 0 aliphatic heterocycles. The number of hydrogen-bond donors (Lipinski definition) is 1. The maximum atomic E-state index is 5.00. The van der Waals surface area contributed by atoms with Gasteiger partial charge >= 0.3 is 0 Å². The Bertz CT molecular complexity index is 8.75. The quantitative estimate of drug-likeness (QED) is 0.493. The molecule has 0 saturated heterocycles. The van der Waals surface area contributed by atoms with Gasteiger partial charge in [-0.25, -0.2) is 0 Å². The van der Waals surface area contributed by atoms with Gasteiger partial charge in [-0.1, -0.05) is 6.92 Å². The number of alkyl halides is 1. The molecule has 0 unspecified atom stereocenters. The van der Waals surface area contributed by atoms with Crippen molar-refractivity contribution in [3.05, 3.63) is 0 Å². The molecule has 0 aromatic carbocycles. The highest BCUT2D eigenvalue weighted by Crippen LogP contribution is 1.59. The van der Waals surface area contributed by atoms with Gasteiger partial charge in [0.15, 0.2) is 0 Å². The highest BCUT2D eigenvalue weighted by atomic mass is 35.5. The van der Waals surface area contributed by atoms with E-state index >= 15 is 0 Å². The van der Waals surface area contributed by atoms with Crippen molar-refractivity contribution < 1.29 is 0 Å². The Kier molecular flexibility index (Phi) is 129. The normalized spacial score (nSPS) is 4.00. The Labute approximate surface area is 50.3 Å². The lowest BCUT2D eigenvalue weighted by Crippen LogP contribution is -1.69. The Morgan fingerprint density at radius 1 is 1.50 bits per heavy atom. The molecule has 0 bridgehead atoms. The van der Waals surface area contributed by atoms with Crippen molar-refractivity contribution in [1.29, 1.82) is 0 Å². The molecule has 1 nitrogen and oxygen atoms in total. The van der Waals surface area contributed by atoms with Crippen molar-refractivity contribution in [2.24, 2.45) is 5.73 Å². The summed E-state index contributed by atoms with van der Waals surface area (Å²) in [5.41, 5.74) is 4.50. The van der Waals surface area contributed by atoms with Crippen molar-refractivity contribution in [3.63, 3.8) is 0 Å². The third-order valence-corrected chi connectivity index (χ3v) is 0. The molecule has 0 radical (unpaired) electrons. The molecule has 0 fully saturated rings. The van der Waals surface area contributed by atoms with Crippen molar-refractivity contribution >= 4 is 24.0 Å². The van der Waals surface area contributed by atoms with Crippen LogP contribution in [0.4, 0.5) is 0 Å². The molecular formula is C3H11Cl2N. The van der Waals surface area contributed by atoms with Crippen LogP contribution in [0.25, 0.3) is 0 Å². The van der Waals surface area contributed by atoms with Gasteiger partial charge in [-0.15, -0.1) is 24.0 Å². The van der Waals surface area contributed by atoms with Gasteiger partial charge in [0.1, 0.15) is 0 Å². The minimum absolute atomic E-state index is 0. The van der Waals surface area contributed by atoms with Crippen molar-refractivity contribution in [3.8, 4) is 0 Å². The lowest BCUT2D eigenvalue weighted by Gasteiger charge is -1.45. The van der Waals surface area contributed by atoms with E-state index in [0.29, 0.717) is 0 Å². The zero-order valence-corrected chi connectivity index (χ0v) is 5.64. The summed E-state index contributed by atoms with van der Waals surface area (Å²) in [5.74, 6) is 0.722. The Hall–Kier alpha value is 0.540. The van der Waals surface area contributed by atoms with Crippen molar-refractivity contribution in [2.75, 3.05) is 12.9 Å². The molecule has 0 aliphatic rings. The molecule has 0 rings (SSSR count). The Morgan fingerprint density at radius 2 is 1.50 bits per heavy atom. The van der Waals surface area contributed by atoms with E-state index in [1.165, 1.54) is 7.05 Å². The predicted octanol–water partition coefficient (Wildman–Crippen LogP) is 1.24. The first kappa shape index (κ1) is 16.0. The van der Waals surface area contributed by atoms with Gasteiger partial charge in [-0.05, 0) is 7.05 Å². The van der Waals surface area contributed by atoms with Gasteiger partial charge in [0.05, 0.1) is 0 Å². The van der Waals surface area contributed by atoms with E-state index in [9.17, 15) is 0 Å². The smallest absolute Gasteiger partial charge is 0.0195 e. The fourth-order valence-electron chi connectivity index (χ4n) is 0. The first-order chi connectivity index (χ1) is 2.41. The Balaban J connectivity index is -0.0000000275. The van der Waals surface area contributed by atoms with Gasteiger partial charge in [-0.3, -0.25) is 0 Å². The Morgan fingerprint density at radius 3 is 1.50 bits per heavy atom. The molecule has 2 N–H and O–H groups in total. The molecule has 0 atom stereocenters. The SMILES string of the molecule is CCCl.CN.Cl. The highest BCUT2D eigenvalue weighted by Gasteiger charge is 1.38.